The van der Waals surface area contributed by atoms with E-state index in [1.807, 2.05) is 12.1 Å². The molecule has 1 aromatic heterocycles. The highest BCUT2D eigenvalue weighted by molar-refractivity contribution is 6.22. The zero-order valence-corrected chi connectivity index (χ0v) is 31.9. The van der Waals surface area contributed by atoms with Crippen molar-refractivity contribution in [1.82, 2.24) is 9.55 Å². The molecule has 3 heteroatoms. The molecule has 0 unspecified atom stereocenters. The second kappa shape index (κ2) is 12.8. The maximum Gasteiger partial charge on any atom is 0.153 e. The minimum atomic E-state index is 0.821. The van der Waals surface area contributed by atoms with Crippen LogP contribution in [-0.2, 0) is 6.42 Å². The summed E-state index contributed by atoms with van der Waals surface area (Å²) in [6.07, 6.45) is 0.821. The molecule has 0 atom stereocenters. The van der Waals surface area contributed by atoms with E-state index in [2.05, 4.69) is 187 Å². The highest BCUT2D eigenvalue weighted by Gasteiger charge is 2.26. The number of imidazole rings is 1. The molecule has 3 nitrogen and oxygen atoms in total. The molecule has 0 bridgehead atoms. The Balaban J connectivity index is 1.05. The Morgan fingerprint density at radius 1 is 0.431 bits per heavy atom. The molecular weight excluding hydrogens is 705 g/mol. The summed E-state index contributed by atoms with van der Waals surface area (Å²) in [5.41, 5.74) is 12.6. The topological polar surface area (TPSA) is 27.1 Å². The Bertz CT molecular complexity index is 3460. The molecule has 58 heavy (non-hydrogen) atoms. The largest absolute Gasteiger partial charge is 0.453 e. The molecule has 11 aromatic rings. The molecule has 0 saturated heterocycles. The molecule has 272 valence electrons. The number of para-hydroxylation sites is 2. The van der Waals surface area contributed by atoms with Crippen LogP contribution in [0, 0.1) is 0 Å². The third-order valence-electron chi connectivity index (χ3n) is 12.1. The van der Waals surface area contributed by atoms with Crippen LogP contribution in [0.15, 0.2) is 188 Å². The van der Waals surface area contributed by atoms with E-state index in [0.29, 0.717) is 0 Å². The van der Waals surface area contributed by atoms with Crippen molar-refractivity contribution in [2.45, 2.75) is 13.3 Å². The van der Waals surface area contributed by atoms with Gasteiger partial charge in [-0.25, -0.2) is 4.98 Å². The maximum atomic E-state index is 6.51. The zero-order valence-electron chi connectivity index (χ0n) is 31.9. The molecule has 1 aliphatic heterocycles. The molecule has 12 rings (SSSR count). The minimum Gasteiger partial charge on any atom is -0.453 e. The first kappa shape index (κ1) is 32.7. The number of hydrogen-bond donors (Lipinski definition) is 0. The summed E-state index contributed by atoms with van der Waals surface area (Å²) in [5, 5.41) is 9.95. The van der Waals surface area contributed by atoms with Crippen molar-refractivity contribution in [3.63, 3.8) is 0 Å². The third kappa shape index (κ3) is 4.96. The van der Waals surface area contributed by atoms with Crippen LogP contribution in [-0.4, -0.2) is 9.55 Å². The third-order valence-corrected chi connectivity index (χ3v) is 12.1. The normalized spacial score (nSPS) is 12.1. The number of aromatic nitrogens is 2. The van der Waals surface area contributed by atoms with Gasteiger partial charge >= 0.3 is 0 Å². The first-order valence-corrected chi connectivity index (χ1v) is 20.1. The van der Waals surface area contributed by atoms with Crippen LogP contribution in [0.2, 0.25) is 0 Å². The fraction of sp³-hybridized carbons (Fsp3) is 0.0364. The molecule has 0 radical (unpaired) electrons. The standard InChI is InChI=1S/C55H36N2O/c1-2-51-56-48-18-10-20-50-55(48)57(51)54-43(17-9-19-49(54)58-50)37-25-21-36(22-26-37)40-29-30-46-47(33-40)53(42-28-24-35-12-4-6-14-39(35)32-42)45-16-8-7-15-44(45)52(46)41-27-23-34-11-3-5-13-38(34)31-41/h3-33H,2H2,1H3. The second-order valence-corrected chi connectivity index (χ2v) is 15.4. The van der Waals surface area contributed by atoms with Crippen molar-refractivity contribution in [2.75, 3.05) is 0 Å². The molecule has 0 spiro atoms. The van der Waals surface area contributed by atoms with E-state index in [4.69, 9.17) is 9.72 Å². The molecular formula is C55H36N2O. The van der Waals surface area contributed by atoms with Gasteiger partial charge in [-0.05, 0) is 118 Å². The van der Waals surface area contributed by atoms with Crippen LogP contribution in [0.25, 0.3) is 104 Å². The number of aryl methyl sites for hydroxylation is 1. The Labute approximate surface area is 336 Å². The lowest BCUT2D eigenvalue weighted by Crippen LogP contribution is -2.08. The number of hydrogen-bond acceptors (Lipinski definition) is 2. The molecule has 0 fully saturated rings. The minimum absolute atomic E-state index is 0.821. The summed E-state index contributed by atoms with van der Waals surface area (Å²) in [7, 11) is 0. The summed E-state index contributed by atoms with van der Waals surface area (Å²) < 4.78 is 8.81. The van der Waals surface area contributed by atoms with Crippen molar-refractivity contribution in [2.24, 2.45) is 0 Å². The van der Waals surface area contributed by atoms with Crippen LogP contribution < -0.4 is 4.74 Å². The van der Waals surface area contributed by atoms with Gasteiger partial charge in [0.05, 0.1) is 11.2 Å². The van der Waals surface area contributed by atoms with E-state index in [1.165, 1.54) is 76.5 Å². The van der Waals surface area contributed by atoms with Gasteiger partial charge in [0.2, 0.25) is 0 Å². The van der Waals surface area contributed by atoms with Gasteiger partial charge in [0.15, 0.2) is 11.5 Å². The van der Waals surface area contributed by atoms with E-state index in [-0.39, 0.29) is 0 Å². The maximum absolute atomic E-state index is 6.51. The van der Waals surface area contributed by atoms with Crippen molar-refractivity contribution in [3.8, 4) is 61.7 Å². The van der Waals surface area contributed by atoms with Crippen molar-refractivity contribution >= 4 is 54.1 Å². The molecule has 0 saturated carbocycles. The number of fused-ring (bicyclic) bond motifs is 6. The SMILES string of the molecule is CCc1nc2cccc3c2n1-c1c(cccc1-c1ccc(-c2ccc4c(-c5ccc6ccccc6c5)c5ccccc5c(-c5ccc6ccccc6c5)c4c2)cc1)O3. The smallest absolute Gasteiger partial charge is 0.153 e. The summed E-state index contributed by atoms with van der Waals surface area (Å²) in [4.78, 5) is 5.00. The molecule has 0 aliphatic carbocycles. The lowest BCUT2D eigenvalue weighted by atomic mass is 9.84. The fourth-order valence-electron chi connectivity index (χ4n) is 9.40. The lowest BCUT2D eigenvalue weighted by molar-refractivity contribution is 0.474. The van der Waals surface area contributed by atoms with E-state index in [0.717, 1.165) is 51.6 Å². The first-order chi connectivity index (χ1) is 28.7. The summed E-state index contributed by atoms with van der Waals surface area (Å²) in [6.45, 7) is 2.17. The van der Waals surface area contributed by atoms with Crippen molar-refractivity contribution < 1.29 is 4.74 Å². The van der Waals surface area contributed by atoms with Gasteiger partial charge in [-0.2, -0.15) is 0 Å². The Morgan fingerprint density at radius 2 is 0.983 bits per heavy atom. The average Bonchev–Trinajstić information content (AvgIpc) is 3.67. The quantitative estimate of drug-likeness (QED) is 0.164. The van der Waals surface area contributed by atoms with Gasteiger partial charge in [-0.15, -0.1) is 0 Å². The molecule has 0 amide bonds. The van der Waals surface area contributed by atoms with Crippen molar-refractivity contribution in [1.29, 1.82) is 0 Å². The number of rotatable bonds is 5. The predicted molar refractivity (Wildman–Crippen MR) is 242 cm³/mol. The van der Waals surface area contributed by atoms with Crippen LogP contribution in [0.5, 0.6) is 11.5 Å². The van der Waals surface area contributed by atoms with Gasteiger partial charge in [-0.3, -0.25) is 4.57 Å². The molecule has 2 heterocycles. The first-order valence-electron chi connectivity index (χ1n) is 20.1. The zero-order chi connectivity index (χ0) is 38.3. The number of nitrogens with zero attached hydrogens (tertiary/aromatic N) is 2. The Hall–Kier alpha value is -7.49. The monoisotopic (exact) mass is 740 g/mol. The Kier molecular flexibility index (Phi) is 7.21. The summed E-state index contributed by atoms with van der Waals surface area (Å²) in [5.74, 6) is 2.73. The van der Waals surface area contributed by atoms with Crippen LogP contribution in [0.1, 0.15) is 12.7 Å². The molecule has 1 aliphatic rings. The summed E-state index contributed by atoms with van der Waals surface area (Å²) in [6, 6.07) is 68.6. The van der Waals surface area contributed by atoms with Gasteiger partial charge < -0.3 is 4.74 Å². The van der Waals surface area contributed by atoms with Crippen molar-refractivity contribution in [3.05, 3.63) is 194 Å². The average molecular weight is 741 g/mol. The van der Waals surface area contributed by atoms with Crippen LogP contribution >= 0.6 is 0 Å². The van der Waals surface area contributed by atoms with E-state index in [9.17, 15) is 0 Å². The second-order valence-electron chi connectivity index (χ2n) is 15.4. The van der Waals surface area contributed by atoms with Gasteiger partial charge in [0.1, 0.15) is 11.3 Å². The highest BCUT2D eigenvalue weighted by atomic mass is 16.5. The highest BCUT2D eigenvalue weighted by Crippen LogP contribution is 2.48. The van der Waals surface area contributed by atoms with Gasteiger partial charge in [-0.1, -0.05) is 159 Å². The van der Waals surface area contributed by atoms with Crippen LogP contribution in [0.4, 0.5) is 0 Å². The van der Waals surface area contributed by atoms with E-state index in [1.54, 1.807) is 0 Å². The van der Waals surface area contributed by atoms with E-state index >= 15 is 0 Å². The predicted octanol–water partition coefficient (Wildman–Crippen LogP) is 15.0. The number of ether oxygens (including phenoxy) is 1. The summed E-state index contributed by atoms with van der Waals surface area (Å²) >= 11 is 0. The number of benzene rings is 10. The van der Waals surface area contributed by atoms with E-state index < -0.39 is 0 Å². The molecule has 10 aromatic carbocycles. The lowest BCUT2D eigenvalue weighted by Gasteiger charge is -2.23. The van der Waals surface area contributed by atoms with Gasteiger partial charge in [0.25, 0.3) is 0 Å². The van der Waals surface area contributed by atoms with Gasteiger partial charge in [0, 0.05) is 12.0 Å². The Morgan fingerprint density at radius 3 is 1.67 bits per heavy atom. The van der Waals surface area contributed by atoms with Crippen LogP contribution in [0.3, 0.4) is 0 Å². The fourth-order valence-corrected chi connectivity index (χ4v) is 9.40. The molecule has 0 N–H and O–H groups in total.